The number of amides is 1. The van der Waals surface area contributed by atoms with Crippen LogP contribution in [0.4, 0.5) is 0 Å². The first-order valence-electron chi connectivity index (χ1n) is 5.52. The maximum atomic E-state index is 12.0. The number of phenolic OH excluding ortho intramolecular Hbond substituents is 2. The molecule has 0 saturated heterocycles. The summed E-state index contributed by atoms with van der Waals surface area (Å²) in [6.07, 6.45) is 0.788. The van der Waals surface area contributed by atoms with E-state index in [1.54, 1.807) is 0 Å². The van der Waals surface area contributed by atoms with Crippen molar-refractivity contribution in [3.8, 4) is 11.5 Å². The molecule has 0 atom stereocenters. The monoisotopic (exact) mass is 239 g/mol. The molecule has 0 unspecified atom stereocenters. The van der Waals surface area contributed by atoms with Crippen molar-refractivity contribution in [2.75, 3.05) is 19.7 Å². The molecule has 0 radical (unpaired) electrons. The van der Waals surface area contributed by atoms with Gasteiger partial charge < -0.3 is 20.2 Å². The first kappa shape index (κ1) is 13.3. The van der Waals surface area contributed by atoms with Gasteiger partial charge in [-0.2, -0.15) is 0 Å². The van der Waals surface area contributed by atoms with E-state index in [1.165, 1.54) is 23.1 Å². The van der Waals surface area contributed by atoms with E-state index in [2.05, 4.69) is 0 Å². The highest BCUT2D eigenvalue weighted by Crippen LogP contribution is 2.25. The van der Waals surface area contributed by atoms with Crippen molar-refractivity contribution in [3.63, 3.8) is 0 Å². The highest BCUT2D eigenvalue weighted by atomic mass is 16.3. The van der Waals surface area contributed by atoms with E-state index in [0.29, 0.717) is 12.1 Å². The minimum atomic E-state index is -0.323. The van der Waals surface area contributed by atoms with Gasteiger partial charge in [0, 0.05) is 18.7 Å². The molecule has 17 heavy (non-hydrogen) atoms. The third-order valence-corrected chi connectivity index (χ3v) is 2.37. The standard InChI is InChI=1S/C12H17NO4/c1-2-5-13(6-7-14)12(17)9-3-4-10(15)11(16)8-9/h3-4,8,14-16H,2,5-7H2,1H3. The molecular weight excluding hydrogens is 222 g/mol. The number of benzene rings is 1. The lowest BCUT2D eigenvalue weighted by Crippen LogP contribution is -2.34. The smallest absolute Gasteiger partial charge is 0.254 e. The van der Waals surface area contributed by atoms with Gasteiger partial charge in [-0.25, -0.2) is 0 Å². The molecule has 1 aromatic carbocycles. The zero-order valence-corrected chi connectivity index (χ0v) is 9.76. The Morgan fingerprint density at radius 3 is 2.47 bits per heavy atom. The van der Waals surface area contributed by atoms with Crippen LogP contribution in [0.25, 0.3) is 0 Å². The Balaban J connectivity index is 2.88. The fourth-order valence-electron chi connectivity index (χ4n) is 1.54. The van der Waals surface area contributed by atoms with Crippen molar-refractivity contribution in [1.82, 2.24) is 4.90 Å². The topological polar surface area (TPSA) is 81.0 Å². The first-order chi connectivity index (χ1) is 8.10. The van der Waals surface area contributed by atoms with Crippen molar-refractivity contribution in [1.29, 1.82) is 0 Å². The highest BCUT2D eigenvalue weighted by Gasteiger charge is 2.15. The Kier molecular flexibility index (Phi) is 4.78. The summed E-state index contributed by atoms with van der Waals surface area (Å²) >= 11 is 0. The van der Waals surface area contributed by atoms with E-state index in [0.717, 1.165) is 6.42 Å². The molecule has 0 aromatic heterocycles. The number of phenols is 2. The molecule has 0 saturated carbocycles. The normalized spacial score (nSPS) is 10.2. The van der Waals surface area contributed by atoms with Crippen LogP contribution >= 0.6 is 0 Å². The third-order valence-electron chi connectivity index (χ3n) is 2.37. The van der Waals surface area contributed by atoms with Crippen LogP contribution in [-0.2, 0) is 0 Å². The molecule has 1 rings (SSSR count). The molecule has 5 heteroatoms. The van der Waals surface area contributed by atoms with Crippen LogP contribution in [0.1, 0.15) is 23.7 Å². The summed E-state index contributed by atoms with van der Waals surface area (Å²) in [4.78, 5) is 13.5. The van der Waals surface area contributed by atoms with Crippen LogP contribution in [0, 0.1) is 0 Å². The van der Waals surface area contributed by atoms with Crippen molar-refractivity contribution < 1.29 is 20.1 Å². The van der Waals surface area contributed by atoms with Crippen molar-refractivity contribution in [2.45, 2.75) is 13.3 Å². The molecule has 3 N–H and O–H groups in total. The summed E-state index contributed by atoms with van der Waals surface area (Å²) in [6.45, 7) is 2.64. The quantitative estimate of drug-likeness (QED) is 0.668. The summed E-state index contributed by atoms with van der Waals surface area (Å²) in [6, 6.07) is 3.93. The average Bonchev–Trinajstić information content (AvgIpc) is 2.31. The number of hydrogen-bond donors (Lipinski definition) is 3. The Bertz CT molecular complexity index is 386. The van der Waals surface area contributed by atoms with E-state index < -0.39 is 0 Å². The summed E-state index contributed by atoms with van der Waals surface area (Å²) < 4.78 is 0. The van der Waals surface area contributed by atoms with Gasteiger partial charge in [-0.3, -0.25) is 4.79 Å². The van der Waals surface area contributed by atoms with Gasteiger partial charge in [0.25, 0.3) is 5.91 Å². The van der Waals surface area contributed by atoms with Crippen LogP contribution in [-0.4, -0.2) is 45.8 Å². The predicted octanol–water partition coefficient (Wildman–Crippen LogP) is 0.942. The molecule has 1 aromatic rings. The van der Waals surface area contributed by atoms with Gasteiger partial charge in [-0.05, 0) is 24.6 Å². The number of aromatic hydroxyl groups is 2. The number of carbonyl (C=O) groups is 1. The first-order valence-corrected chi connectivity index (χ1v) is 5.52. The number of hydrogen-bond acceptors (Lipinski definition) is 4. The lowest BCUT2D eigenvalue weighted by molar-refractivity contribution is 0.0721. The van der Waals surface area contributed by atoms with E-state index in [9.17, 15) is 9.90 Å². The molecule has 0 bridgehead atoms. The average molecular weight is 239 g/mol. The SMILES string of the molecule is CCCN(CCO)C(=O)c1ccc(O)c(O)c1. The molecule has 0 fully saturated rings. The summed E-state index contributed by atoms with van der Waals surface area (Å²) in [5.74, 6) is -0.849. The predicted molar refractivity (Wildman–Crippen MR) is 63.1 cm³/mol. The van der Waals surface area contributed by atoms with Crippen LogP contribution in [0.15, 0.2) is 18.2 Å². The van der Waals surface area contributed by atoms with E-state index in [-0.39, 0.29) is 30.6 Å². The zero-order valence-electron chi connectivity index (χ0n) is 9.76. The summed E-state index contributed by atoms with van der Waals surface area (Å²) in [5, 5.41) is 27.4. The van der Waals surface area contributed by atoms with Gasteiger partial charge in [0.05, 0.1) is 6.61 Å². The minimum Gasteiger partial charge on any atom is -0.504 e. The molecule has 5 nitrogen and oxygen atoms in total. The van der Waals surface area contributed by atoms with Crippen LogP contribution in [0.3, 0.4) is 0 Å². The van der Waals surface area contributed by atoms with Gasteiger partial charge >= 0.3 is 0 Å². The molecule has 0 aliphatic carbocycles. The van der Waals surface area contributed by atoms with E-state index >= 15 is 0 Å². The number of aliphatic hydroxyl groups is 1. The number of nitrogens with zero attached hydrogens (tertiary/aromatic N) is 1. The van der Waals surface area contributed by atoms with Gasteiger partial charge in [0.15, 0.2) is 11.5 Å². The van der Waals surface area contributed by atoms with Crippen molar-refractivity contribution in [3.05, 3.63) is 23.8 Å². The summed E-state index contributed by atoms with van der Waals surface area (Å²) in [7, 11) is 0. The lowest BCUT2D eigenvalue weighted by atomic mass is 10.1. The maximum Gasteiger partial charge on any atom is 0.254 e. The number of carbonyl (C=O) groups excluding carboxylic acids is 1. The van der Waals surface area contributed by atoms with Crippen LogP contribution in [0.2, 0.25) is 0 Å². The number of rotatable bonds is 5. The van der Waals surface area contributed by atoms with Crippen LogP contribution in [0.5, 0.6) is 11.5 Å². The maximum absolute atomic E-state index is 12.0. The second kappa shape index (κ2) is 6.10. The Hall–Kier alpha value is -1.75. The molecule has 0 spiro atoms. The third kappa shape index (κ3) is 3.35. The molecule has 94 valence electrons. The van der Waals surface area contributed by atoms with Gasteiger partial charge in [-0.1, -0.05) is 6.92 Å². The Morgan fingerprint density at radius 2 is 1.94 bits per heavy atom. The Labute approximate surface area is 99.9 Å². The fraction of sp³-hybridized carbons (Fsp3) is 0.417. The molecule has 0 heterocycles. The molecule has 0 aliphatic rings. The fourth-order valence-corrected chi connectivity index (χ4v) is 1.54. The van der Waals surface area contributed by atoms with Crippen molar-refractivity contribution in [2.24, 2.45) is 0 Å². The van der Waals surface area contributed by atoms with Crippen LogP contribution < -0.4 is 0 Å². The van der Waals surface area contributed by atoms with Gasteiger partial charge in [0.2, 0.25) is 0 Å². The minimum absolute atomic E-state index is 0.101. The highest BCUT2D eigenvalue weighted by molar-refractivity contribution is 5.94. The second-order valence-corrected chi connectivity index (χ2v) is 3.72. The summed E-state index contributed by atoms with van der Waals surface area (Å²) in [5.41, 5.74) is 0.294. The molecule has 1 amide bonds. The van der Waals surface area contributed by atoms with E-state index in [1.807, 2.05) is 6.92 Å². The second-order valence-electron chi connectivity index (χ2n) is 3.72. The molecule has 0 aliphatic heterocycles. The van der Waals surface area contributed by atoms with E-state index in [4.69, 9.17) is 10.2 Å². The largest absolute Gasteiger partial charge is 0.504 e. The number of aliphatic hydroxyl groups excluding tert-OH is 1. The lowest BCUT2D eigenvalue weighted by Gasteiger charge is -2.21. The van der Waals surface area contributed by atoms with Crippen molar-refractivity contribution >= 4 is 5.91 Å². The molecular formula is C12H17NO4. The Morgan fingerprint density at radius 1 is 1.24 bits per heavy atom. The zero-order chi connectivity index (χ0) is 12.8. The van der Waals surface area contributed by atoms with Gasteiger partial charge in [0.1, 0.15) is 0 Å². The van der Waals surface area contributed by atoms with Gasteiger partial charge in [-0.15, -0.1) is 0 Å².